The predicted octanol–water partition coefficient (Wildman–Crippen LogP) is 1.06. The van der Waals surface area contributed by atoms with Crippen LogP contribution in [0.5, 0.6) is 0 Å². The third-order valence-electron chi connectivity index (χ3n) is 3.45. The van der Waals surface area contributed by atoms with Crippen LogP contribution in [0.1, 0.15) is 19.8 Å². The van der Waals surface area contributed by atoms with Crippen LogP contribution in [-0.2, 0) is 9.53 Å². The molecule has 1 N–H and O–H groups in total. The molecule has 0 aromatic heterocycles. The van der Waals surface area contributed by atoms with Crippen molar-refractivity contribution in [2.24, 2.45) is 0 Å². The van der Waals surface area contributed by atoms with Crippen LogP contribution in [0.4, 0.5) is 0 Å². The van der Waals surface area contributed by atoms with Gasteiger partial charge in [0.05, 0.1) is 19.6 Å². The van der Waals surface area contributed by atoms with Crippen LogP contribution in [-0.4, -0.2) is 58.8 Å². The first-order valence-electron chi connectivity index (χ1n) is 5.85. The molecule has 0 bridgehead atoms. The van der Waals surface area contributed by atoms with Crippen molar-refractivity contribution in [1.29, 1.82) is 0 Å². The Balaban J connectivity index is 2.00. The van der Waals surface area contributed by atoms with Crippen molar-refractivity contribution in [2.75, 3.05) is 25.5 Å². The minimum atomic E-state index is -0.723. The Bertz CT molecular complexity index is 262. The number of rotatable bonds is 3. The Labute approximate surface area is 100 Å². The largest absolute Gasteiger partial charge is 0.481 e. The lowest BCUT2D eigenvalue weighted by Crippen LogP contribution is -2.53. The van der Waals surface area contributed by atoms with Gasteiger partial charge in [-0.1, -0.05) is 6.92 Å². The molecule has 2 heterocycles. The third kappa shape index (κ3) is 2.70. The summed E-state index contributed by atoms with van der Waals surface area (Å²) in [5, 5.41) is 9.52. The molecule has 3 atom stereocenters. The molecule has 2 aliphatic heterocycles. The number of morpholine rings is 1. The van der Waals surface area contributed by atoms with Gasteiger partial charge in [0, 0.05) is 23.9 Å². The molecule has 0 radical (unpaired) electrons. The van der Waals surface area contributed by atoms with Crippen LogP contribution in [0.2, 0.25) is 0 Å². The number of hydrogen-bond acceptors (Lipinski definition) is 4. The molecule has 2 rings (SSSR count). The second-order valence-corrected chi connectivity index (χ2v) is 5.98. The van der Waals surface area contributed by atoms with E-state index >= 15 is 0 Å². The Morgan fingerprint density at radius 3 is 3.06 bits per heavy atom. The first-order valence-corrected chi connectivity index (χ1v) is 6.90. The zero-order valence-electron chi connectivity index (χ0n) is 9.59. The summed E-state index contributed by atoms with van der Waals surface area (Å²) in [6.45, 7) is 4.44. The van der Waals surface area contributed by atoms with Gasteiger partial charge in [0.15, 0.2) is 0 Å². The van der Waals surface area contributed by atoms with E-state index in [-0.39, 0.29) is 12.5 Å². The van der Waals surface area contributed by atoms with Gasteiger partial charge < -0.3 is 9.84 Å². The molecule has 4 nitrogen and oxygen atoms in total. The van der Waals surface area contributed by atoms with E-state index in [0.717, 1.165) is 13.2 Å². The maximum atomic E-state index is 10.8. The Kier molecular flexibility index (Phi) is 4.10. The second-order valence-electron chi connectivity index (χ2n) is 4.50. The van der Waals surface area contributed by atoms with Crippen LogP contribution >= 0.6 is 11.8 Å². The van der Waals surface area contributed by atoms with Crippen LogP contribution < -0.4 is 0 Å². The lowest BCUT2D eigenvalue weighted by molar-refractivity contribution is -0.140. The van der Waals surface area contributed by atoms with Crippen LogP contribution in [0.15, 0.2) is 0 Å². The topological polar surface area (TPSA) is 49.8 Å². The number of hydrogen-bond donors (Lipinski definition) is 1. The van der Waals surface area contributed by atoms with Crippen molar-refractivity contribution in [3.63, 3.8) is 0 Å². The summed E-state index contributed by atoms with van der Waals surface area (Å²) in [6.07, 6.45) is 1.38. The van der Waals surface area contributed by atoms with Gasteiger partial charge >= 0.3 is 5.97 Å². The first kappa shape index (κ1) is 12.2. The summed E-state index contributed by atoms with van der Waals surface area (Å²) < 4.78 is 5.40. The Morgan fingerprint density at radius 2 is 2.44 bits per heavy atom. The summed E-state index contributed by atoms with van der Waals surface area (Å²) in [4.78, 5) is 13.2. The van der Waals surface area contributed by atoms with Gasteiger partial charge in [-0.25, -0.2) is 0 Å². The maximum Gasteiger partial charge on any atom is 0.305 e. The number of thioether (sulfide) groups is 1. The normalized spacial score (nSPS) is 36.4. The summed E-state index contributed by atoms with van der Waals surface area (Å²) in [7, 11) is 0. The highest BCUT2D eigenvalue weighted by molar-refractivity contribution is 8.00. The molecule has 92 valence electrons. The van der Waals surface area contributed by atoms with E-state index in [4.69, 9.17) is 9.84 Å². The minimum Gasteiger partial charge on any atom is -0.481 e. The van der Waals surface area contributed by atoms with Crippen LogP contribution in [0.25, 0.3) is 0 Å². The third-order valence-corrected chi connectivity index (χ3v) is 4.76. The average Bonchev–Trinajstić information content (AvgIpc) is 2.64. The fraction of sp³-hybridized carbons (Fsp3) is 0.909. The SMILES string of the molecule is CC1SCCC1N1CCOCC1CC(=O)O. The fourth-order valence-corrected chi connectivity index (χ4v) is 3.90. The Hall–Kier alpha value is -0.260. The smallest absolute Gasteiger partial charge is 0.305 e. The molecule has 0 amide bonds. The molecule has 2 fully saturated rings. The number of ether oxygens (including phenoxy) is 1. The number of nitrogens with zero attached hydrogens (tertiary/aromatic N) is 1. The number of carbonyl (C=O) groups is 1. The van der Waals surface area contributed by atoms with Crippen LogP contribution in [0.3, 0.4) is 0 Å². The molecular formula is C11H19NO3S. The number of carboxylic acids is 1. The van der Waals surface area contributed by atoms with Crippen molar-refractivity contribution >= 4 is 17.7 Å². The minimum absolute atomic E-state index is 0.0670. The first-order chi connectivity index (χ1) is 7.68. The predicted molar refractivity (Wildman–Crippen MR) is 63.9 cm³/mol. The van der Waals surface area contributed by atoms with E-state index in [1.54, 1.807) is 0 Å². The molecule has 0 saturated carbocycles. The maximum absolute atomic E-state index is 10.8. The standard InChI is InChI=1S/C11H19NO3S/c1-8-10(2-5-16-8)12-3-4-15-7-9(12)6-11(13)14/h8-10H,2-7H2,1H3,(H,13,14). The molecule has 2 saturated heterocycles. The zero-order chi connectivity index (χ0) is 11.5. The quantitative estimate of drug-likeness (QED) is 0.805. The van der Waals surface area contributed by atoms with Gasteiger partial charge in [-0.15, -0.1) is 0 Å². The van der Waals surface area contributed by atoms with Crippen molar-refractivity contribution in [3.8, 4) is 0 Å². The van der Waals surface area contributed by atoms with Gasteiger partial charge in [0.25, 0.3) is 0 Å². The molecule has 5 heteroatoms. The lowest BCUT2D eigenvalue weighted by Gasteiger charge is -2.40. The summed E-state index contributed by atoms with van der Waals surface area (Å²) in [6, 6.07) is 0.607. The molecule has 0 aromatic carbocycles. The Morgan fingerprint density at radius 1 is 1.62 bits per heavy atom. The molecule has 3 unspecified atom stereocenters. The molecule has 0 aliphatic carbocycles. The van der Waals surface area contributed by atoms with Crippen LogP contribution in [0, 0.1) is 0 Å². The molecule has 2 aliphatic rings. The van der Waals surface area contributed by atoms with Gasteiger partial charge in [-0.3, -0.25) is 9.69 Å². The average molecular weight is 245 g/mol. The van der Waals surface area contributed by atoms with E-state index in [1.807, 2.05) is 11.8 Å². The molecule has 0 spiro atoms. The van der Waals surface area contributed by atoms with Crippen molar-refractivity contribution in [1.82, 2.24) is 4.90 Å². The van der Waals surface area contributed by atoms with E-state index in [9.17, 15) is 4.79 Å². The van der Waals surface area contributed by atoms with Gasteiger partial charge in [0.2, 0.25) is 0 Å². The monoisotopic (exact) mass is 245 g/mol. The lowest BCUT2D eigenvalue weighted by atomic mass is 10.0. The van der Waals surface area contributed by atoms with Crippen molar-refractivity contribution in [3.05, 3.63) is 0 Å². The van der Waals surface area contributed by atoms with E-state index in [1.165, 1.54) is 12.2 Å². The fourth-order valence-electron chi connectivity index (χ4n) is 2.64. The van der Waals surface area contributed by atoms with E-state index in [0.29, 0.717) is 17.9 Å². The second kappa shape index (κ2) is 5.38. The van der Waals surface area contributed by atoms with Gasteiger partial charge in [-0.2, -0.15) is 11.8 Å². The van der Waals surface area contributed by atoms with Gasteiger partial charge in [0.1, 0.15) is 0 Å². The highest BCUT2D eigenvalue weighted by atomic mass is 32.2. The number of aliphatic carboxylic acids is 1. The zero-order valence-corrected chi connectivity index (χ0v) is 10.4. The van der Waals surface area contributed by atoms with Crippen molar-refractivity contribution < 1.29 is 14.6 Å². The summed E-state index contributed by atoms with van der Waals surface area (Å²) in [5.74, 6) is 0.474. The number of carboxylic acid groups (broad SMARTS) is 1. The van der Waals surface area contributed by atoms with E-state index in [2.05, 4.69) is 11.8 Å². The molecular weight excluding hydrogens is 226 g/mol. The molecule has 0 aromatic rings. The highest BCUT2D eigenvalue weighted by Crippen LogP contribution is 2.32. The van der Waals surface area contributed by atoms with Gasteiger partial charge in [-0.05, 0) is 12.2 Å². The van der Waals surface area contributed by atoms with E-state index < -0.39 is 5.97 Å². The highest BCUT2D eigenvalue weighted by Gasteiger charge is 2.36. The molecule has 16 heavy (non-hydrogen) atoms. The van der Waals surface area contributed by atoms with Crippen molar-refractivity contribution in [2.45, 2.75) is 37.1 Å². The summed E-state index contributed by atoms with van der Waals surface area (Å²) in [5.41, 5.74) is 0. The summed E-state index contributed by atoms with van der Waals surface area (Å²) >= 11 is 1.99.